The van der Waals surface area contributed by atoms with Crippen molar-refractivity contribution in [2.45, 2.75) is 32.2 Å². The molecule has 0 radical (unpaired) electrons. The summed E-state index contributed by atoms with van der Waals surface area (Å²) >= 11 is 1.85. The number of nitrogens with zero attached hydrogens (tertiary/aromatic N) is 3. The number of aromatic nitrogens is 2. The second kappa shape index (κ2) is 7.33. The monoisotopic (exact) mass is 366 g/mol. The minimum absolute atomic E-state index is 0.302. The van der Waals surface area contributed by atoms with Crippen molar-refractivity contribution in [2.75, 3.05) is 26.0 Å². The van der Waals surface area contributed by atoms with Gasteiger partial charge in [-0.05, 0) is 50.4 Å². The third-order valence-electron chi connectivity index (χ3n) is 5.36. The first kappa shape index (κ1) is 17.4. The molecule has 0 saturated heterocycles. The van der Waals surface area contributed by atoms with Crippen molar-refractivity contribution in [3.8, 4) is 0 Å². The van der Waals surface area contributed by atoms with E-state index in [1.807, 2.05) is 11.3 Å². The molecule has 0 aliphatic heterocycles. The quantitative estimate of drug-likeness (QED) is 0.720. The van der Waals surface area contributed by atoms with E-state index in [0.717, 1.165) is 29.5 Å². The number of benzene rings is 1. The van der Waals surface area contributed by atoms with Crippen LogP contribution in [-0.4, -0.2) is 35.5 Å². The Bertz CT molecular complexity index is 888. The molecule has 0 fully saturated rings. The zero-order chi connectivity index (χ0) is 18.1. The van der Waals surface area contributed by atoms with Gasteiger partial charge < -0.3 is 10.2 Å². The Morgan fingerprint density at radius 3 is 2.81 bits per heavy atom. The van der Waals surface area contributed by atoms with Gasteiger partial charge in [-0.2, -0.15) is 0 Å². The summed E-state index contributed by atoms with van der Waals surface area (Å²) in [4.78, 5) is 14.0. The van der Waals surface area contributed by atoms with E-state index in [2.05, 4.69) is 71.5 Å². The number of likely N-dealkylation sites (N-methyl/N-ethyl adjacent to an activating group) is 1. The molecular formula is C21H26N4S. The lowest BCUT2D eigenvalue weighted by atomic mass is 9.89. The summed E-state index contributed by atoms with van der Waals surface area (Å²) in [5, 5.41) is 4.88. The van der Waals surface area contributed by atoms with Gasteiger partial charge in [0.15, 0.2) is 0 Å². The summed E-state index contributed by atoms with van der Waals surface area (Å²) < 4.78 is 0. The minimum atomic E-state index is 0.302. The summed E-state index contributed by atoms with van der Waals surface area (Å²) in [5.41, 5.74) is 2.80. The molecule has 4 rings (SSSR count). The molecule has 26 heavy (non-hydrogen) atoms. The van der Waals surface area contributed by atoms with E-state index in [1.165, 1.54) is 34.2 Å². The molecule has 4 nitrogen and oxygen atoms in total. The molecule has 1 aliphatic carbocycles. The van der Waals surface area contributed by atoms with Crippen molar-refractivity contribution in [1.82, 2.24) is 14.9 Å². The number of nitrogens with one attached hydrogen (secondary N) is 1. The smallest absolute Gasteiger partial charge is 0.138 e. The fraction of sp³-hybridized carbons (Fsp3) is 0.429. The first-order chi connectivity index (χ1) is 12.6. The molecule has 0 spiro atoms. The first-order valence-electron chi connectivity index (χ1n) is 9.34. The van der Waals surface area contributed by atoms with Crippen LogP contribution in [0.1, 0.15) is 35.4 Å². The fourth-order valence-electron chi connectivity index (χ4n) is 3.88. The highest BCUT2D eigenvalue weighted by atomic mass is 32.1. The molecule has 0 bridgehead atoms. The lowest BCUT2D eigenvalue weighted by molar-refractivity contribution is 0.311. The predicted octanol–water partition coefficient (Wildman–Crippen LogP) is 4.53. The molecule has 3 aromatic rings. The highest BCUT2D eigenvalue weighted by Gasteiger charge is 2.23. The zero-order valence-corrected chi connectivity index (χ0v) is 16.5. The molecule has 1 aliphatic rings. The summed E-state index contributed by atoms with van der Waals surface area (Å²) in [6, 6.07) is 11.0. The van der Waals surface area contributed by atoms with Crippen molar-refractivity contribution >= 4 is 27.4 Å². The Morgan fingerprint density at radius 1 is 1.23 bits per heavy atom. The van der Waals surface area contributed by atoms with E-state index in [0.29, 0.717) is 6.04 Å². The Balaban J connectivity index is 1.63. The van der Waals surface area contributed by atoms with E-state index in [1.54, 1.807) is 6.33 Å². The molecule has 2 heterocycles. The third-order valence-corrected chi connectivity index (χ3v) is 6.52. The number of aryl methyl sites for hydroxylation is 1. The SMILES string of the molecule is C[C@@H]1CCc2c(sc3ncnc(NC[C@@H](c4ccccc4)N(C)C)c23)C1. The molecule has 2 atom stereocenters. The molecular weight excluding hydrogens is 340 g/mol. The standard InChI is InChI=1S/C21H26N4S/c1-14-9-10-16-18(11-14)26-21-19(16)20(23-13-24-21)22-12-17(25(2)3)15-7-5-4-6-8-15/h4-8,13-14,17H,9-12H2,1-3H3,(H,22,23,24)/t14-,17+/m1/s1. The maximum absolute atomic E-state index is 4.60. The van der Waals surface area contributed by atoms with Crippen LogP contribution in [0.5, 0.6) is 0 Å². The normalized spacial score (nSPS) is 18.1. The van der Waals surface area contributed by atoms with Crippen LogP contribution in [0, 0.1) is 5.92 Å². The highest BCUT2D eigenvalue weighted by Crippen LogP contribution is 2.39. The minimum Gasteiger partial charge on any atom is -0.368 e. The number of thiophene rings is 1. The van der Waals surface area contributed by atoms with Crippen molar-refractivity contribution in [3.05, 3.63) is 52.7 Å². The van der Waals surface area contributed by atoms with Crippen LogP contribution in [-0.2, 0) is 12.8 Å². The number of anilines is 1. The molecule has 0 amide bonds. The van der Waals surface area contributed by atoms with Crippen molar-refractivity contribution in [2.24, 2.45) is 5.92 Å². The maximum Gasteiger partial charge on any atom is 0.138 e. The van der Waals surface area contributed by atoms with Crippen molar-refractivity contribution in [3.63, 3.8) is 0 Å². The summed E-state index contributed by atoms with van der Waals surface area (Å²) in [5.74, 6) is 1.76. The Kier molecular flexibility index (Phi) is 4.92. The summed E-state index contributed by atoms with van der Waals surface area (Å²) in [7, 11) is 4.26. The van der Waals surface area contributed by atoms with Gasteiger partial charge in [0.1, 0.15) is 17.0 Å². The van der Waals surface area contributed by atoms with Gasteiger partial charge in [0.05, 0.1) is 11.4 Å². The molecule has 1 N–H and O–H groups in total. The summed E-state index contributed by atoms with van der Waals surface area (Å²) in [6.07, 6.45) is 5.29. The predicted molar refractivity (Wildman–Crippen MR) is 110 cm³/mol. The number of fused-ring (bicyclic) bond motifs is 3. The van der Waals surface area contributed by atoms with Crippen LogP contribution in [0.15, 0.2) is 36.7 Å². The molecule has 5 heteroatoms. The van der Waals surface area contributed by atoms with Gasteiger partial charge in [-0.25, -0.2) is 9.97 Å². The van der Waals surface area contributed by atoms with E-state index < -0.39 is 0 Å². The second-order valence-electron chi connectivity index (χ2n) is 7.53. The lowest BCUT2D eigenvalue weighted by Gasteiger charge is -2.25. The average molecular weight is 367 g/mol. The summed E-state index contributed by atoms with van der Waals surface area (Å²) in [6.45, 7) is 3.17. The van der Waals surface area contributed by atoms with Gasteiger partial charge in [-0.3, -0.25) is 0 Å². The molecule has 0 unspecified atom stereocenters. The van der Waals surface area contributed by atoms with Crippen LogP contribution >= 0.6 is 11.3 Å². The average Bonchev–Trinajstić information content (AvgIpc) is 3.00. The van der Waals surface area contributed by atoms with Gasteiger partial charge in [0, 0.05) is 11.4 Å². The van der Waals surface area contributed by atoms with Crippen LogP contribution in [0.4, 0.5) is 5.82 Å². The van der Waals surface area contributed by atoms with Crippen molar-refractivity contribution < 1.29 is 0 Å². The number of hydrogen-bond acceptors (Lipinski definition) is 5. The van der Waals surface area contributed by atoms with E-state index in [4.69, 9.17) is 0 Å². The topological polar surface area (TPSA) is 41.1 Å². The molecule has 0 saturated carbocycles. The molecule has 136 valence electrons. The van der Waals surface area contributed by atoms with Crippen LogP contribution in [0.3, 0.4) is 0 Å². The van der Waals surface area contributed by atoms with Crippen LogP contribution in [0.2, 0.25) is 0 Å². The van der Waals surface area contributed by atoms with Gasteiger partial charge >= 0.3 is 0 Å². The van der Waals surface area contributed by atoms with E-state index >= 15 is 0 Å². The first-order valence-corrected chi connectivity index (χ1v) is 10.2. The number of hydrogen-bond donors (Lipinski definition) is 1. The van der Waals surface area contributed by atoms with Crippen molar-refractivity contribution in [1.29, 1.82) is 0 Å². The maximum atomic E-state index is 4.60. The van der Waals surface area contributed by atoms with Gasteiger partial charge in [-0.15, -0.1) is 11.3 Å². The molecule has 2 aromatic heterocycles. The fourth-order valence-corrected chi connectivity index (χ4v) is 5.23. The van der Waals surface area contributed by atoms with E-state index in [9.17, 15) is 0 Å². The zero-order valence-electron chi connectivity index (χ0n) is 15.7. The number of rotatable bonds is 5. The lowest BCUT2D eigenvalue weighted by Crippen LogP contribution is -2.27. The Hall–Kier alpha value is -1.98. The van der Waals surface area contributed by atoms with Gasteiger partial charge in [0.2, 0.25) is 0 Å². The van der Waals surface area contributed by atoms with Gasteiger partial charge in [0.25, 0.3) is 0 Å². The van der Waals surface area contributed by atoms with Gasteiger partial charge in [-0.1, -0.05) is 37.3 Å². The highest BCUT2D eigenvalue weighted by molar-refractivity contribution is 7.19. The third kappa shape index (κ3) is 3.33. The Morgan fingerprint density at radius 2 is 2.04 bits per heavy atom. The molecule has 1 aromatic carbocycles. The second-order valence-corrected chi connectivity index (χ2v) is 8.61. The van der Waals surface area contributed by atoms with E-state index in [-0.39, 0.29) is 0 Å². The Labute approximate surface area is 159 Å². The van der Waals surface area contributed by atoms with Crippen LogP contribution in [0.25, 0.3) is 10.2 Å². The largest absolute Gasteiger partial charge is 0.368 e. The van der Waals surface area contributed by atoms with Crippen LogP contribution < -0.4 is 5.32 Å².